The lowest BCUT2D eigenvalue weighted by Gasteiger charge is -2.22. The molecule has 0 radical (unpaired) electrons. The molecule has 0 heterocycles. The Bertz CT molecular complexity index is 448. The van der Waals surface area contributed by atoms with Gasteiger partial charge in [0.1, 0.15) is 0 Å². The molecule has 5 heteroatoms. The summed E-state index contributed by atoms with van der Waals surface area (Å²) in [5.74, 6) is -0.365. The Hall–Kier alpha value is -1.88. The van der Waals surface area contributed by atoms with Gasteiger partial charge in [-0.3, -0.25) is 9.59 Å². The zero-order chi connectivity index (χ0) is 15.1. The smallest absolute Gasteiger partial charge is 0.224 e. The molecule has 3 N–H and O–H groups in total. The number of hydrogen-bond donors (Lipinski definition) is 2. The van der Waals surface area contributed by atoms with Crippen LogP contribution in [0.2, 0.25) is 0 Å². The van der Waals surface area contributed by atoms with Crippen LogP contribution in [-0.2, 0) is 9.59 Å². The Kier molecular flexibility index (Phi) is 6.18. The van der Waals surface area contributed by atoms with Gasteiger partial charge in [0, 0.05) is 33.1 Å². The fourth-order valence-electron chi connectivity index (χ4n) is 2.00. The predicted octanol–water partition coefficient (Wildman–Crippen LogP) is 0.917. The molecule has 0 bridgehead atoms. The van der Waals surface area contributed by atoms with E-state index in [1.165, 1.54) is 0 Å². The van der Waals surface area contributed by atoms with Crippen molar-refractivity contribution >= 4 is 11.8 Å². The van der Waals surface area contributed by atoms with Crippen molar-refractivity contribution in [3.8, 4) is 0 Å². The molecule has 0 spiro atoms. The first kappa shape index (κ1) is 16.2. The van der Waals surface area contributed by atoms with Crippen LogP contribution in [0.4, 0.5) is 0 Å². The van der Waals surface area contributed by atoms with Crippen LogP contribution in [0.3, 0.4) is 0 Å². The molecule has 0 aromatic heterocycles. The third-order valence-corrected chi connectivity index (χ3v) is 3.29. The monoisotopic (exact) mass is 277 g/mol. The van der Waals surface area contributed by atoms with Gasteiger partial charge in [0.15, 0.2) is 0 Å². The molecule has 1 aromatic carbocycles. The van der Waals surface area contributed by atoms with E-state index in [2.05, 4.69) is 5.32 Å². The summed E-state index contributed by atoms with van der Waals surface area (Å²) in [6.07, 6.45) is 0.237. The summed E-state index contributed by atoms with van der Waals surface area (Å²) in [5, 5.41) is 2.57. The summed E-state index contributed by atoms with van der Waals surface area (Å²) in [7, 11) is 3.28. The number of nitrogens with two attached hydrogens (primary N) is 1. The molecule has 1 rings (SSSR count). The van der Waals surface area contributed by atoms with E-state index >= 15 is 0 Å². The molecular formula is C15H23N3O2. The Morgan fingerprint density at radius 2 is 1.90 bits per heavy atom. The van der Waals surface area contributed by atoms with Gasteiger partial charge < -0.3 is 16.0 Å². The van der Waals surface area contributed by atoms with Gasteiger partial charge in [0.2, 0.25) is 11.8 Å². The number of nitrogens with one attached hydrogen (secondary N) is 1. The maximum Gasteiger partial charge on any atom is 0.224 e. The lowest BCUT2D eigenvalue weighted by molar-refractivity contribution is -0.132. The molecule has 0 aliphatic rings. The van der Waals surface area contributed by atoms with Crippen molar-refractivity contribution in [2.75, 3.05) is 20.6 Å². The maximum absolute atomic E-state index is 12.1. The minimum atomic E-state index is -0.318. The first-order valence-corrected chi connectivity index (χ1v) is 6.71. The molecule has 1 aromatic rings. The normalized spacial score (nSPS) is 13.4. The van der Waals surface area contributed by atoms with Gasteiger partial charge >= 0.3 is 0 Å². The van der Waals surface area contributed by atoms with Crippen LogP contribution >= 0.6 is 0 Å². The Morgan fingerprint density at radius 3 is 2.45 bits per heavy atom. The second-order valence-electron chi connectivity index (χ2n) is 5.01. The Labute approximate surface area is 120 Å². The van der Waals surface area contributed by atoms with Crippen LogP contribution in [-0.4, -0.2) is 37.4 Å². The highest BCUT2D eigenvalue weighted by Gasteiger charge is 2.19. The number of carbonyl (C=O) groups is 2. The average Bonchev–Trinajstić information content (AvgIpc) is 2.46. The summed E-state index contributed by atoms with van der Waals surface area (Å²) in [6.45, 7) is 2.18. The van der Waals surface area contributed by atoms with E-state index in [0.29, 0.717) is 6.54 Å². The zero-order valence-corrected chi connectivity index (χ0v) is 12.3. The number of nitrogens with zero attached hydrogens (tertiary/aromatic N) is 1. The third-order valence-electron chi connectivity index (χ3n) is 3.29. The lowest BCUT2D eigenvalue weighted by atomic mass is 10.0. The second-order valence-corrected chi connectivity index (χ2v) is 5.01. The van der Waals surface area contributed by atoms with Crippen molar-refractivity contribution in [2.24, 2.45) is 11.7 Å². The SMILES string of the molecule is CNC(=O)C(C)CN(C)C(=O)CC(N)c1ccccc1. The molecule has 2 atom stereocenters. The first-order chi connectivity index (χ1) is 9.45. The van der Waals surface area contributed by atoms with E-state index in [1.54, 1.807) is 25.9 Å². The summed E-state index contributed by atoms with van der Waals surface area (Å²) in [4.78, 5) is 25.1. The highest BCUT2D eigenvalue weighted by atomic mass is 16.2. The molecule has 2 unspecified atom stereocenters. The van der Waals surface area contributed by atoms with E-state index < -0.39 is 0 Å². The van der Waals surface area contributed by atoms with Crippen LogP contribution in [0, 0.1) is 5.92 Å². The standard InChI is InChI=1S/C15H23N3O2/c1-11(15(20)17-2)10-18(3)14(19)9-13(16)12-7-5-4-6-8-12/h4-8,11,13H,9-10,16H2,1-3H3,(H,17,20). The van der Waals surface area contributed by atoms with Crippen LogP contribution in [0.5, 0.6) is 0 Å². The quantitative estimate of drug-likeness (QED) is 0.812. The molecule has 20 heavy (non-hydrogen) atoms. The minimum Gasteiger partial charge on any atom is -0.359 e. The van der Waals surface area contributed by atoms with Gasteiger partial charge in [-0.15, -0.1) is 0 Å². The molecule has 0 aliphatic carbocycles. The number of rotatable bonds is 6. The molecule has 0 fully saturated rings. The van der Waals surface area contributed by atoms with Crippen LogP contribution in [0.25, 0.3) is 0 Å². The Balaban J connectivity index is 2.52. The fraction of sp³-hybridized carbons (Fsp3) is 0.467. The molecule has 5 nitrogen and oxygen atoms in total. The molecule has 0 saturated carbocycles. The topological polar surface area (TPSA) is 75.4 Å². The van der Waals surface area contributed by atoms with Crippen molar-refractivity contribution in [3.63, 3.8) is 0 Å². The van der Waals surface area contributed by atoms with E-state index in [4.69, 9.17) is 5.73 Å². The van der Waals surface area contributed by atoms with E-state index in [-0.39, 0.29) is 30.2 Å². The van der Waals surface area contributed by atoms with E-state index in [9.17, 15) is 9.59 Å². The van der Waals surface area contributed by atoms with E-state index in [1.807, 2.05) is 30.3 Å². The van der Waals surface area contributed by atoms with Gasteiger partial charge in [-0.25, -0.2) is 0 Å². The van der Waals surface area contributed by atoms with Gasteiger partial charge in [-0.1, -0.05) is 37.3 Å². The molecular weight excluding hydrogens is 254 g/mol. The van der Waals surface area contributed by atoms with Gasteiger partial charge in [-0.2, -0.15) is 0 Å². The largest absolute Gasteiger partial charge is 0.359 e. The number of hydrogen-bond acceptors (Lipinski definition) is 3. The molecule has 0 aliphatic heterocycles. The highest BCUT2D eigenvalue weighted by Crippen LogP contribution is 2.14. The van der Waals surface area contributed by atoms with Crippen molar-refractivity contribution in [1.29, 1.82) is 0 Å². The highest BCUT2D eigenvalue weighted by molar-refractivity contribution is 5.80. The summed E-state index contributed by atoms with van der Waals surface area (Å²) in [6, 6.07) is 9.21. The van der Waals surface area contributed by atoms with Crippen molar-refractivity contribution in [2.45, 2.75) is 19.4 Å². The van der Waals surface area contributed by atoms with Gasteiger partial charge in [-0.05, 0) is 5.56 Å². The van der Waals surface area contributed by atoms with Crippen molar-refractivity contribution < 1.29 is 9.59 Å². The van der Waals surface area contributed by atoms with Crippen molar-refractivity contribution in [1.82, 2.24) is 10.2 Å². The summed E-state index contributed by atoms with van der Waals surface area (Å²) >= 11 is 0. The number of benzene rings is 1. The summed E-state index contributed by atoms with van der Waals surface area (Å²) in [5.41, 5.74) is 6.96. The maximum atomic E-state index is 12.1. The van der Waals surface area contributed by atoms with Gasteiger partial charge in [0.25, 0.3) is 0 Å². The number of carbonyl (C=O) groups excluding carboxylic acids is 2. The fourth-order valence-corrected chi connectivity index (χ4v) is 2.00. The zero-order valence-electron chi connectivity index (χ0n) is 12.3. The molecule has 110 valence electrons. The Morgan fingerprint density at radius 1 is 1.30 bits per heavy atom. The lowest BCUT2D eigenvalue weighted by Crippen LogP contribution is -2.38. The van der Waals surface area contributed by atoms with Crippen LogP contribution in [0.1, 0.15) is 24.9 Å². The molecule has 0 saturated heterocycles. The average molecular weight is 277 g/mol. The van der Waals surface area contributed by atoms with E-state index in [0.717, 1.165) is 5.56 Å². The molecule has 2 amide bonds. The van der Waals surface area contributed by atoms with Crippen LogP contribution in [0.15, 0.2) is 30.3 Å². The predicted molar refractivity (Wildman–Crippen MR) is 78.9 cm³/mol. The van der Waals surface area contributed by atoms with Crippen molar-refractivity contribution in [3.05, 3.63) is 35.9 Å². The second kappa shape index (κ2) is 7.65. The van der Waals surface area contributed by atoms with Crippen LogP contribution < -0.4 is 11.1 Å². The minimum absolute atomic E-state index is 0.0582. The summed E-state index contributed by atoms with van der Waals surface area (Å²) < 4.78 is 0. The van der Waals surface area contributed by atoms with Gasteiger partial charge in [0.05, 0.1) is 5.92 Å². The third kappa shape index (κ3) is 4.66. The number of amides is 2. The first-order valence-electron chi connectivity index (χ1n) is 6.71.